The van der Waals surface area contributed by atoms with Gasteiger partial charge in [0.1, 0.15) is 23.2 Å². The van der Waals surface area contributed by atoms with E-state index in [4.69, 9.17) is 4.74 Å². The molecule has 1 aromatic heterocycles. The Morgan fingerprint density at radius 2 is 1.84 bits per heavy atom. The van der Waals surface area contributed by atoms with E-state index in [0.29, 0.717) is 37.7 Å². The van der Waals surface area contributed by atoms with Crippen LogP contribution in [0.5, 0.6) is 5.75 Å². The molecule has 2 aromatic rings. The quantitative estimate of drug-likeness (QED) is 0.927. The molecule has 1 saturated heterocycles. The molecule has 1 fully saturated rings. The second kappa shape index (κ2) is 7.33. The Labute approximate surface area is 144 Å². The minimum atomic E-state index is -0.435. The summed E-state index contributed by atoms with van der Waals surface area (Å²) in [5.74, 6) is 0.134. The minimum Gasteiger partial charge on any atom is -0.494 e. The van der Waals surface area contributed by atoms with Crippen LogP contribution in [0.2, 0.25) is 0 Å². The van der Waals surface area contributed by atoms with Crippen LogP contribution in [0.4, 0.5) is 25.1 Å². The highest BCUT2D eigenvalue weighted by molar-refractivity contribution is 5.91. The number of rotatable bonds is 3. The predicted octanol–water partition coefficient (Wildman–Crippen LogP) is 2.72. The molecule has 0 bridgehead atoms. The number of halogens is 2. The van der Waals surface area contributed by atoms with E-state index >= 15 is 0 Å². The van der Waals surface area contributed by atoms with Crippen molar-refractivity contribution in [2.75, 3.05) is 43.5 Å². The molecule has 1 aliphatic rings. The maximum Gasteiger partial charge on any atom is 0.322 e. The summed E-state index contributed by atoms with van der Waals surface area (Å²) in [6, 6.07) is 6.64. The van der Waals surface area contributed by atoms with Gasteiger partial charge >= 0.3 is 6.03 Å². The zero-order valence-corrected chi connectivity index (χ0v) is 13.7. The third-order valence-corrected chi connectivity index (χ3v) is 4.01. The second-order valence-corrected chi connectivity index (χ2v) is 5.58. The number of anilines is 2. The van der Waals surface area contributed by atoms with Crippen molar-refractivity contribution in [3.8, 4) is 5.75 Å². The summed E-state index contributed by atoms with van der Waals surface area (Å²) >= 11 is 0. The van der Waals surface area contributed by atoms with Gasteiger partial charge in [-0.1, -0.05) is 0 Å². The zero-order valence-electron chi connectivity index (χ0n) is 13.7. The van der Waals surface area contributed by atoms with Crippen LogP contribution in [0.3, 0.4) is 0 Å². The maximum atomic E-state index is 13.2. The maximum absolute atomic E-state index is 13.2. The largest absolute Gasteiger partial charge is 0.494 e. The van der Waals surface area contributed by atoms with E-state index in [1.165, 1.54) is 37.6 Å². The summed E-state index contributed by atoms with van der Waals surface area (Å²) in [5, 5.41) is 2.73. The molecule has 0 saturated carbocycles. The topological polar surface area (TPSA) is 57.7 Å². The second-order valence-electron chi connectivity index (χ2n) is 5.58. The first kappa shape index (κ1) is 16.9. The van der Waals surface area contributed by atoms with Crippen LogP contribution >= 0.6 is 0 Å². The lowest BCUT2D eigenvalue weighted by Gasteiger charge is -2.35. The highest BCUT2D eigenvalue weighted by Gasteiger charge is 2.22. The SMILES string of the molecule is COc1cc(F)ccc1NC(=O)N1CCN(c2ccc(F)cn2)CC1. The third-order valence-electron chi connectivity index (χ3n) is 4.01. The van der Waals surface area contributed by atoms with Gasteiger partial charge in [0.25, 0.3) is 0 Å². The number of benzene rings is 1. The predicted molar refractivity (Wildman–Crippen MR) is 90.0 cm³/mol. The number of aromatic nitrogens is 1. The van der Waals surface area contributed by atoms with Crippen LogP contribution in [-0.4, -0.2) is 49.2 Å². The molecular formula is C17H18F2N4O2. The Morgan fingerprint density at radius 1 is 1.12 bits per heavy atom. The van der Waals surface area contributed by atoms with Crippen molar-refractivity contribution in [3.63, 3.8) is 0 Å². The van der Waals surface area contributed by atoms with Crippen molar-refractivity contribution in [2.45, 2.75) is 0 Å². The fourth-order valence-electron chi connectivity index (χ4n) is 2.66. The molecule has 0 aliphatic carbocycles. The van der Waals surface area contributed by atoms with Crippen molar-refractivity contribution in [1.82, 2.24) is 9.88 Å². The van der Waals surface area contributed by atoms with Crippen LogP contribution in [0.15, 0.2) is 36.5 Å². The van der Waals surface area contributed by atoms with Crippen LogP contribution < -0.4 is 15.0 Å². The molecule has 2 heterocycles. The molecule has 6 nitrogen and oxygen atoms in total. The molecule has 8 heteroatoms. The molecule has 0 radical (unpaired) electrons. The first-order valence-corrected chi connectivity index (χ1v) is 7.83. The standard InChI is InChI=1S/C17H18F2N4O2/c1-25-15-10-12(18)2-4-14(15)21-17(24)23-8-6-22(7-9-23)16-5-3-13(19)11-20-16/h2-5,10-11H,6-9H2,1H3,(H,21,24). The van der Waals surface area contributed by atoms with Crippen molar-refractivity contribution in [2.24, 2.45) is 0 Å². The summed E-state index contributed by atoms with van der Waals surface area (Å²) in [6.07, 6.45) is 1.18. The van der Waals surface area contributed by atoms with Crippen LogP contribution in [0.25, 0.3) is 0 Å². The van der Waals surface area contributed by atoms with Gasteiger partial charge in [0.15, 0.2) is 0 Å². The number of hydrogen-bond acceptors (Lipinski definition) is 4. The fraction of sp³-hybridized carbons (Fsp3) is 0.294. The molecule has 0 atom stereocenters. The van der Waals surface area contributed by atoms with Gasteiger partial charge in [0.05, 0.1) is 19.0 Å². The summed E-state index contributed by atoms with van der Waals surface area (Å²) in [6.45, 7) is 2.17. The Balaban J connectivity index is 1.59. The Bertz CT molecular complexity index is 747. The van der Waals surface area contributed by atoms with Gasteiger partial charge in [0, 0.05) is 32.2 Å². The van der Waals surface area contributed by atoms with Gasteiger partial charge in [-0.25, -0.2) is 18.6 Å². The monoisotopic (exact) mass is 348 g/mol. The summed E-state index contributed by atoms with van der Waals surface area (Å²) in [5.41, 5.74) is 0.413. The fourth-order valence-corrected chi connectivity index (χ4v) is 2.66. The number of carbonyl (C=O) groups is 1. The van der Waals surface area contributed by atoms with Crippen molar-refractivity contribution < 1.29 is 18.3 Å². The number of piperazine rings is 1. The van der Waals surface area contributed by atoms with Gasteiger partial charge in [-0.3, -0.25) is 0 Å². The van der Waals surface area contributed by atoms with Gasteiger partial charge < -0.3 is 19.9 Å². The Morgan fingerprint density at radius 3 is 2.48 bits per heavy atom. The average molecular weight is 348 g/mol. The van der Waals surface area contributed by atoms with Gasteiger partial charge in [0.2, 0.25) is 0 Å². The normalized spacial score (nSPS) is 14.4. The van der Waals surface area contributed by atoms with E-state index in [1.807, 2.05) is 4.90 Å². The molecule has 0 unspecified atom stereocenters. The van der Waals surface area contributed by atoms with Gasteiger partial charge in [-0.2, -0.15) is 0 Å². The zero-order chi connectivity index (χ0) is 17.8. The minimum absolute atomic E-state index is 0.266. The molecular weight excluding hydrogens is 330 g/mol. The van der Waals surface area contributed by atoms with Crippen LogP contribution in [0, 0.1) is 11.6 Å². The highest BCUT2D eigenvalue weighted by Crippen LogP contribution is 2.25. The lowest BCUT2D eigenvalue weighted by molar-refractivity contribution is 0.208. The van der Waals surface area contributed by atoms with Gasteiger partial charge in [-0.05, 0) is 24.3 Å². The first-order chi connectivity index (χ1) is 12.1. The highest BCUT2D eigenvalue weighted by atomic mass is 19.1. The first-order valence-electron chi connectivity index (χ1n) is 7.83. The molecule has 1 N–H and O–H groups in total. The lowest BCUT2D eigenvalue weighted by atomic mass is 10.2. The lowest BCUT2D eigenvalue weighted by Crippen LogP contribution is -2.50. The van der Waals surface area contributed by atoms with Crippen molar-refractivity contribution in [1.29, 1.82) is 0 Å². The van der Waals surface area contributed by atoms with E-state index in [9.17, 15) is 13.6 Å². The summed E-state index contributed by atoms with van der Waals surface area (Å²) in [7, 11) is 1.42. The van der Waals surface area contributed by atoms with E-state index in [1.54, 1.807) is 11.0 Å². The molecule has 1 aliphatic heterocycles. The Kier molecular flexibility index (Phi) is 4.97. The smallest absolute Gasteiger partial charge is 0.322 e. The van der Waals surface area contributed by atoms with E-state index < -0.39 is 5.82 Å². The molecule has 1 aromatic carbocycles. The number of amides is 2. The number of urea groups is 1. The molecule has 3 rings (SSSR count). The average Bonchev–Trinajstić information content (AvgIpc) is 2.64. The summed E-state index contributed by atoms with van der Waals surface area (Å²) < 4.78 is 31.2. The number of methoxy groups -OCH3 is 1. The van der Waals surface area contributed by atoms with Gasteiger partial charge in [-0.15, -0.1) is 0 Å². The molecule has 25 heavy (non-hydrogen) atoms. The number of pyridine rings is 1. The van der Waals surface area contributed by atoms with Crippen LogP contribution in [0.1, 0.15) is 0 Å². The molecule has 0 spiro atoms. The Hall–Kier alpha value is -2.90. The van der Waals surface area contributed by atoms with E-state index in [2.05, 4.69) is 10.3 Å². The molecule has 132 valence electrons. The van der Waals surface area contributed by atoms with Crippen molar-refractivity contribution in [3.05, 3.63) is 48.2 Å². The van der Waals surface area contributed by atoms with Crippen LogP contribution in [-0.2, 0) is 0 Å². The number of carbonyl (C=O) groups excluding carboxylic acids is 1. The number of hydrogen-bond donors (Lipinski definition) is 1. The number of nitrogens with one attached hydrogen (secondary N) is 1. The third kappa shape index (κ3) is 3.96. The number of nitrogens with zero attached hydrogens (tertiary/aromatic N) is 3. The number of ether oxygens (including phenoxy) is 1. The van der Waals surface area contributed by atoms with E-state index in [0.717, 1.165) is 0 Å². The summed E-state index contributed by atoms with van der Waals surface area (Å²) in [4.78, 5) is 20.1. The molecule has 2 amide bonds. The van der Waals surface area contributed by atoms with Crippen molar-refractivity contribution >= 4 is 17.5 Å². The van der Waals surface area contributed by atoms with E-state index in [-0.39, 0.29) is 17.6 Å².